The van der Waals surface area contributed by atoms with Crippen molar-refractivity contribution in [2.45, 2.75) is 17.5 Å². The average Bonchev–Trinajstić information content (AvgIpc) is 3.19. The Morgan fingerprint density at radius 1 is 1.07 bits per heavy atom. The fraction of sp³-hybridized carbons (Fsp3) is 0.143. The third-order valence-corrected chi connectivity index (χ3v) is 6.25. The second-order valence-electron chi connectivity index (χ2n) is 6.18. The lowest BCUT2D eigenvalue weighted by Crippen LogP contribution is -2.23. The predicted octanol–water partition coefficient (Wildman–Crippen LogP) is 4.95. The zero-order chi connectivity index (χ0) is 19.5. The number of ether oxygens (including phenoxy) is 1. The van der Waals surface area contributed by atoms with Gasteiger partial charge in [-0.3, -0.25) is 9.36 Å². The van der Waals surface area contributed by atoms with E-state index in [1.165, 1.54) is 35.2 Å². The van der Waals surface area contributed by atoms with E-state index in [4.69, 9.17) is 9.72 Å². The Morgan fingerprint density at radius 2 is 1.79 bits per heavy atom. The number of benzene rings is 2. The summed E-state index contributed by atoms with van der Waals surface area (Å²) in [6.07, 6.45) is 0. The van der Waals surface area contributed by atoms with Crippen LogP contribution in [0.15, 0.2) is 69.9 Å². The van der Waals surface area contributed by atoms with Gasteiger partial charge in [0.2, 0.25) is 0 Å². The molecule has 0 N–H and O–H groups in total. The molecular formula is C21H17FN2O2S2. The first-order chi connectivity index (χ1) is 13.6. The molecule has 2 aromatic carbocycles. The molecule has 0 atom stereocenters. The molecule has 2 aromatic heterocycles. The van der Waals surface area contributed by atoms with Crippen LogP contribution in [0.2, 0.25) is 0 Å². The minimum Gasteiger partial charge on any atom is -0.497 e. The lowest BCUT2D eigenvalue weighted by molar-refractivity contribution is 0.414. The van der Waals surface area contributed by atoms with Gasteiger partial charge in [-0.2, -0.15) is 0 Å². The molecule has 0 saturated heterocycles. The number of methoxy groups -OCH3 is 1. The third-order valence-electron chi connectivity index (χ3n) is 4.31. The molecule has 0 spiro atoms. The van der Waals surface area contributed by atoms with Crippen molar-refractivity contribution >= 4 is 33.3 Å². The predicted molar refractivity (Wildman–Crippen MR) is 112 cm³/mol. The number of halogens is 1. The number of thioether (sulfide) groups is 1. The van der Waals surface area contributed by atoms with Crippen LogP contribution in [0.4, 0.5) is 4.39 Å². The molecular weight excluding hydrogens is 395 g/mol. The highest BCUT2D eigenvalue weighted by molar-refractivity contribution is 7.98. The van der Waals surface area contributed by atoms with Gasteiger partial charge in [0.05, 0.1) is 19.2 Å². The minimum absolute atomic E-state index is 0.0441. The zero-order valence-corrected chi connectivity index (χ0v) is 16.7. The summed E-state index contributed by atoms with van der Waals surface area (Å²) in [6.45, 7) is 0.426. The number of thiophene rings is 1. The highest BCUT2D eigenvalue weighted by Gasteiger charge is 2.13. The molecule has 0 aliphatic rings. The Labute approximate surface area is 169 Å². The summed E-state index contributed by atoms with van der Waals surface area (Å²) in [7, 11) is 1.62. The minimum atomic E-state index is -0.261. The molecule has 28 heavy (non-hydrogen) atoms. The number of rotatable bonds is 6. The zero-order valence-electron chi connectivity index (χ0n) is 15.1. The molecule has 0 fully saturated rings. The summed E-state index contributed by atoms with van der Waals surface area (Å²) in [5, 5.41) is 2.53. The molecule has 4 aromatic rings. The maximum Gasteiger partial charge on any atom is 0.272 e. The van der Waals surface area contributed by atoms with Crippen LogP contribution in [-0.4, -0.2) is 16.7 Å². The van der Waals surface area contributed by atoms with Crippen LogP contribution < -0.4 is 10.3 Å². The van der Waals surface area contributed by atoms with E-state index in [2.05, 4.69) is 0 Å². The molecule has 2 heterocycles. The van der Waals surface area contributed by atoms with Gasteiger partial charge in [-0.15, -0.1) is 11.3 Å². The first-order valence-electron chi connectivity index (χ1n) is 8.62. The maximum atomic E-state index is 13.1. The molecule has 4 rings (SSSR count). The van der Waals surface area contributed by atoms with Gasteiger partial charge in [-0.25, -0.2) is 9.37 Å². The summed E-state index contributed by atoms with van der Waals surface area (Å²) in [4.78, 5) is 17.7. The lowest BCUT2D eigenvalue weighted by Gasteiger charge is -2.12. The van der Waals surface area contributed by atoms with Crippen molar-refractivity contribution in [1.29, 1.82) is 0 Å². The van der Waals surface area contributed by atoms with E-state index >= 15 is 0 Å². The Kier molecular flexibility index (Phi) is 5.45. The van der Waals surface area contributed by atoms with E-state index in [0.717, 1.165) is 16.9 Å². The van der Waals surface area contributed by atoms with Crippen LogP contribution in [-0.2, 0) is 12.3 Å². The summed E-state index contributed by atoms with van der Waals surface area (Å²) in [6, 6.07) is 15.9. The Hall–Kier alpha value is -2.64. The molecule has 0 unspecified atom stereocenters. The van der Waals surface area contributed by atoms with Gasteiger partial charge in [0.1, 0.15) is 16.3 Å². The summed E-state index contributed by atoms with van der Waals surface area (Å²) >= 11 is 2.88. The largest absolute Gasteiger partial charge is 0.497 e. The van der Waals surface area contributed by atoms with E-state index in [1.807, 2.05) is 35.7 Å². The number of hydrogen-bond acceptors (Lipinski definition) is 5. The van der Waals surface area contributed by atoms with E-state index in [1.54, 1.807) is 23.8 Å². The van der Waals surface area contributed by atoms with Crippen molar-refractivity contribution in [3.05, 3.63) is 87.3 Å². The van der Waals surface area contributed by atoms with Gasteiger partial charge in [-0.05, 0) is 46.8 Å². The summed E-state index contributed by atoms with van der Waals surface area (Å²) < 4.78 is 20.7. The average molecular weight is 413 g/mol. The van der Waals surface area contributed by atoms with Crippen LogP contribution in [0.5, 0.6) is 5.75 Å². The van der Waals surface area contributed by atoms with E-state index in [9.17, 15) is 9.18 Å². The first-order valence-corrected chi connectivity index (χ1v) is 10.5. The Balaban J connectivity index is 1.68. The Morgan fingerprint density at radius 3 is 2.50 bits per heavy atom. The Bertz CT molecular complexity index is 1150. The molecule has 0 bridgehead atoms. The van der Waals surface area contributed by atoms with Crippen molar-refractivity contribution in [2.75, 3.05) is 7.11 Å². The molecule has 0 aliphatic carbocycles. The highest BCUT2D eigenvalue weighted by atomic mass is 32.2. The number of fused-ring (bicyclic) bond motifs is 1. The van der Waals surface area contributed by atoms with E-state index in [-0.39, 0.29) is 11.4 Å². The molecule has 0 saturated carbocycles. The lowest BCUT2D eigenvalue weighted by atomic mass is 10.2. The molecule has 0 amide bonds. The van der Waals surface area contributed by atoms with Gasteiger partial charge >= 0.3 is 0 Å². The quantitative estimate of drug-likeness (QED) is 0.332. The van der Waals surface area contributed by atoms with Gasteiger partial charge in [0, 0.05) is 5.75 Å². The van der Waals surface area contributed by atoms with Gasteiger partial charge in [0.25, 0.3) is 5.56 Å². The molecule has 0 radical (unpaired) electrons. The second-order valence-corrected chi connectivity index (χ2v) is 8.04. The number of aromatic nitrogens is 2. The molecule has 0 aliphatic heterocycles. The second kappa shape index (κ2) is 8.16. The van der Waals surface area contributed by atoms with Gasteiger partial charge in [-0.1, -0.05) is 36.0 Å². The summed E-state index contributed by atoms with van der Waals surface area (Å²) in [5.41, 5.74) is 2.63. The fourth-order valence-corrected chi connectivity index (χ4v) is 4.55. The smallest absolute Gasteiger partial charge is 0.272 e. The summed E-state index contributed by atoms with van der Waals surface area (Å²) in [5.74, 6) is 1.11. The van der Waals surface area contributed by atoms with E-state index < -0.39 is 0 Å². The first kappa shape index (κ1) is 18.7. The van der Waals surface area contributed by atoms with Crippen LogP contribution in [0, 0.1) is 5.82 Å². The molecule has 7 heteroatoms. The fourth-order valence-electron chi connectivity index (χ4n) is 2.82. The standard InChI is InChI=1S/C21H17FN2O2S2/c1-26-17-8-4-14(5-9-17)12-24-20(25)19-18(10-11-27-19)23-21(24)28-13-15-2-6-16(22)7-3-15/h2-11H,12-13H2,1H3. The van der Waals surface area contributed by atoms with Crippen molar-refractivity contribution in [1.82, 2.24) is 9.55 Å². The van der Waals surface area contributed by atoms with Gasteiger partial charge < -0.3 is 4.74 Å². The SMILES string of the molecule is COc1ccc(Cn2c(SCc3ccc(F)cc3)nc3ccsc3c2=O)cc1. The van der Waals surface area contributed by atoms with Crippen molar-refractivity contribution in [3.8, 4) is 5.75 Å². The third kappa shape index (κ3) is 3.95. The normalized spacial score (nSPS) is 11.1. The van der Waals surface area contributed by atoms with Gasteiger partial charge in [0.15, 0.2) is 5.16 Å². The maximum absolute atomic E-state index is 13.1. The topological polar surface area (TPSA) is 44.1 Å². The number of nitrogens with zero attached hydrogens (tertiary/aromatic N) is 2. The van der Waals surface area contributed by atoms with Crippen molar-refractivity contribution in [3.63, 3.8) is 0 Å². The van der Waals surface area contributed by atoms with Crippen LogP contribution in [0.1, 0.15) is 11.1 Å². The van der Waals surface area contributed by atoms with E-state index in [0.29, 0.717) is 27.7 Å². The molecule has 4 nitrogen and oxygen atoms in total. The monoisotopic (exact) mass is 412 g/mol. The number of hydrogen-bond donors (Lipinski definition) is 0. The van der Waals surface area contributed by atoms with Crippen molar-refractivity contribution in [2.24, 2.45) is 0 Å². The molecule has 142 valence electrons. The highest BCUT2D eigenvalue weighted by Crippen LogP contribution is 2.25. The van der Waals surface area contributed by atoms with Crippen LogP contribution >= 0.6 is 23.1 Å². The van der Waals surface area contributed by atoms with Crippen LogP contribution in [0.3, 0.4) is 0 Å². The van der Waals surface area contributed by atoms with Crippen molar-refractivity contribution < 1.29 is 9.13 Å². The van der Waals surface area contributed by atoms with Crippen LogP contribution in [0.25, 0.3) is 10.2 Å².